The Morgan fingerprint density at radius 3 is 2.69 bits per heavy atom. The van der Waals surface area contributed by atoms with Crippen LogP contribution in [0.25, 0.3) is 11.0 Å². The van der Waals surface area contributed by atoms with E-state index in [2.05, 4.69) is 9.97 Å². The van der Waals surface area contributed by atoms with E-state index < -0.39 is 23.6 Å². The predicted octanol–water partition coefficient (Wildman–Crippen LogP) is 2.70. The molecule has 1 aromatic carbocycles. The summed E-state index contributed by atoms with van der Waals surface area (Å²) < 4.78 is 55.7. The van der Waals surface area contributed by atoms with Gasteiger partial charge in [0.15, 0.2) is 6.61 Å². The van der Waals surface area contributed by atoms with E-state index in [4.69, 9.17) is 10.6 Å². The molecule has 0 bridgehead atoms. The van der Waals surface area contributed by atoms with Crippen LogP contribution in [0.2, 0.25) is 0 Å². The van der Waals surface area contributed by atoms with Crippen molar-refractivity contribution in [1.29, 1.82) is 0 Å². The molecule has 0 amide bonds. The number of hydrogen-bond donors (Lipinski definition) is 1. The van der Waals surface area contributed by atoms with Gasteiger partial charge in [0, 0.05) is 11.8 Å². The van der Waals surface area contributed by atoms with Crippen LogP contribution in [-0.2, 0) is 16.6 Å². The Hall–Kier alpha value is -2.62. The number of nitrogens with two attached hydrogens (primary N) is 1. The number of alkyl halides is 3. The maximum absolute atomic E-state index is 12.7. The molecule has 0 spiro atoms. The van der Waals surface area contributed by atoms with Gasteiger partial charge in [0.05, 0.1) is 33.3 Å². The van der Waals surface area contributed by atoms with Gasteiger partial charge in [0.25, 0.3) is 0 Å². The van der Waals surface area contributed by atoms with E-state index in [0.717, 1.165) is 0 Å². The Kier molecular flexibility index (Phi) is 4.86. The van der Waals surface area contributed by atoms with Crippen molar-refractivity contribution in [1.82, 2.24) is 14.6 Å². The van der Waals surface area contributed by atoms with E-state index in [9.17, 15) is 17.4 Å². The second-order valence-electron chi connectivity index (χ2n) is 5.53. The largest absolute Gasteiger partial charge is 0.484 e. The highest BCUT2D eigenvalue weighted by molar-refractivity contribution is 7.84. The molecule has 3 aromatic rings. The molecule has 138 valence electrons. The highest BCUT2D eigenvalue weighted by Crippen LogP contribution is 2.25. The van der Waals surface area contributed by atoms with Gasteiger partial charge in [0.1, 0.15) is 5.75 Å². The monoisotopic (exact) mass is 384 g/mol. The molecule has 2 aromatic heterocycles. The number of hydrogen-bond acceptors (Lipinski definition) is 5. The van der Waals surface area contributed by atoms with E-state index in [1.807, 2.05) is 0 Å². The quantitative estimate of drug-likeness (QED) is 0.684. The maximum Gasteiger partial charge on any atom is 0.422 e. The molecule has 1 atom stereocenters. The van der Waals surface area contributed by atoms with E-state index in [1.54, 1.807) is 31.2 Å². The van der Waals surface area contributed by atoms with Gasteiger partial charge in [-0.2, -0.15) is 13.2 Å². The first kappa shape index (κ1) is 18.2. The molecule has 0 saturated heterocycles. The van der Waals surface area contributed by atoms with Crippen molar-refractivity contribution in [2.24, 2.45) is 0 Å². The number of nitrogen functional groups attached to an aromatic ring is 1. The summed E-state index contributed by atoms with van der Waals surface area (Å²) >= 11 is 0. The van der Waals surface area contributed by atoms with Crippen LogP contribution in [0.1, 0.15) is 11.3 Å². The number of imidazole rings is 1. The van der Waals surface area contributed by atoms with Gasteiger partial charge in [0.2, 0.25) is 5.16 Å². The Labute approximate surface area is 149 Å². The molecule has 10 heteroatoms. The van der Waals surface area contributed by atoms with Gasteiger partial charge < -0.3 is 10.6 Å². The maximum atomic E-state index is 12.7. The summed E-state index contributed by atoms with van der Waals surface area (Å²) in [5.41, 5.74) is 1.98. The van der Waals surface area contributed by atoms with Gasteiger partial charge in [-0.25, -0.2) is 9.66 Å². The van der Waals surface area contributed by atoms with Gasteiger partial charge in [-0.05, 0) is 25.1 Å². The first-order valence-electron chi connectivity index (χ1n) is 7.51. The summed E-state index contributed by atoms with van der Waals surface area (Å²) in [6.07, 6.45) is -3.13. The number of fused-ring (bicyclic) bond motifs is 1. The van der Waals surface area contributed by atoms with Gasteiger partial charge in [-0.15, -0.1) is 0 Å². The number of pyridine rings is 1. The normalized spacial score (nSPS) is 13.1. The molecule has 6 nitrogen and oxygen atoms in total. The number of para-hydroxylation sites is 2. The Morgan fingerprint density at radius 1 is 1.27 bits per heavy atom. The molecule has 0 fully saturated rings. The molecule has 2 heterocycles. The zero-order chi connectivity index (χ0) is 18.9. The van der Waals surface area contributed by atoms with Crippen molar-refractivity contribution in [3.05, 3.63) is 47.8 Å². The lowest BCUT2D eigenvalue weighted by Crippen LogP contribution is -2.20. The van der Waals surface area contributed by atoms with Crippen molar-refractivity contribution in [3.63, 3.8) is 0 Å². The van der Waals surface area contributed by atoms with Crippen LogP contribution >= 0.6 is 0 Å². The Balaban J connectivity index is 1.84. The second kappa shape index (κ2) is 6.94. The molecule has 2 N–H and O–H groups in total. The zero-order valence-electron chi connectivity index (χ0n) is 13.7. The summed E-state index contributed by atoms with van der Waals surface area (Å²) in [6, 6.07) is 8.40. The van der Waals surface area contributed by atoms with E-state index >= 15 is 0 Å². The van der Waals surface area contributed by atoms with Crippen LogP contribution in [0.3, 0.4) is 0 Å². The van der Waals surface area contributed by atoms with Crippen LogP contribution in [0.4, 0.5) is 13.2 Å². The minimum absolute atomic E-state index is 0.0461. The van der Waals surface area contributed by atoms with Crippen molar-refractivity contribution in [2.75, 3.05) is 12.4 Å². The summed E-state index contributed by atoms with van der Waals surface area (Å²) in [4.78, 5) is 8.36. The lowest BCUT2D eigenvalue weighted by molar-refractivity contribution is -0.153. The molecular formula is C16H15F3N4O2S. The highest BCUT2D eigenvalue weighted by atomic mass is 32.2. The lowest BCUT2D eigenvalue weighted by Gasteiger charge is -2.13. The smallest absolute Gasteiger partial charge is 0.422 e. The lowest BCUT2D eigenvalue weighted by atomic mass is 10.2. The van der Waals surface area contributed by atoms with Gasteiger partial charge in [-0.3, -0.25) is 9.19 Å². The van der Waals surface area contributed by atoms with Gasteiger partial charge in [-0.1, -0.05) is 12.1 Å². The molecule has 0 aliphatic carbocycles. The number of nitrogens with zero attached hydrogens (tertiary/aromatic N) is 3. The Bertz CT molecular complexity index is 972. The molecule has 0 radical (unpaired) electrons. The third-order valence-corrected chi connectivity index (χ3v) is 4.92. The van der Waals surface area contributed by atoms with E-state index in [0.29, 0.717) is 22.3 Å². The van der Waals surface area contributed by atoms with Crippen LogP contribution in [0.15, 0.2) is 41.7 Å². The van der Waals surface area contributed by atoms with Crippen LogP contribution < -0.4 is 10.6 Å². The van der Waals surface area contributed by atoms with E-state index in [-0.39, 0.29) is 16.7 Å². The van der Waals surface area contributed by atoms with Crippen LogP contribution in [0, 0.1) is 6.92 Å². The molecule has 3 rings (SSSR count). The molecule has 0 aliphatic rings. The minimum atomic E-state index is -4.44. The fraction of sp³-hybridized carbons (Fsp3) is 0.250. The Morgan fingerprint density at radius 2 is 2.00 bits per heavy atom. The molecule has 26 heavy (non-hydrogen) atoms. The average Bonchev–Trinajstić information content (AvgIpc) is 2.92. The fourth-order valence-corrected chi connectivity index (χ4v) is 3.58. The number of halogens is 3. The standard InChI is InChI=1S/C16H15F3N4O2S/c1-10-12(21-7-6-14(10)25-9-16(17,18)19)8-26(24)15-22-11-4-2-3-5-13(11)23(15)20/h2-7H,8-9,20H2,1H3. The molecule has 0 saturated carbocycles. The van der Waals surface area contributed by atoms with Gasteiger partial charge >= 0.3 is 6.18 Å². The summed E-state index contributed by atoms with van der Waals surface area (Å²) in [7, 11) is -1.63. The highest BCUT2D eigenvalue weighted by Gasteiger charge is 2.29. The molecule has 0 aliphatic heterocycles. The predicted molar refractivity (Wildman–Crippen MR) is 90.5 cm³/mol. The second-order valence-corrected chi connectivity index (χ2v) is 6.87. The van der Waals surface area contributed by atoms with E-state index in [1.165, 1.54) is 16.9 Å². The zero-order valence-corrected chi connectivity index (χ0v) is 14.5. The fourth-order valence-electron chi connectivity index (χ4n) is 2.39. The van der Waals surface area contributed by atoms with Crippen molar-refractivity contribution < 1.29 is 22.1 Å². The first-order valence-corrected chi connectivity index (χ1v) is 8.83. The summed E-state index contributed by atoms with van der Waals surface area (Å²) in [5, 5.41) is 0.161. The minimum Gasteiger partial charge on any atom is -0.484 e. The topological polar surface area (TPSA) is 83.0 Å². The number of rotatable bonds is 5. The van der Waals surface area contributed by atoms with Crippen molar-refractivity contribution >= 4 is 21.8 Å². The number of benzene rings is 1. The van der Waals surface area contributed by atoms with Crippen LogP contribution in [0.5, 0.6) is 5.75 Å². The first-order chi connectivity index (χ1) is 12.3. The number of aromatic nitrogens is 3. The molecule has 1 unspecified atom stereocenters. The van der Waals surface area contributed by atoms with Crippen molar-refractivity contribution in [3.8, 4) is 5.75 Å². The summed E-state index contributed by atoms with van der Waals surface area (Å²) in [5.74, 6) is 5.95. The molecular weight excluding hydrogens is 369 g/mol. The van der Waals surface area contributed by atoms with Crippen LogP contribution in [-0.4, -0.2) is 31.6 Å². The number of ether oxygens (including phenoxy) is 1. The SMILES string of the molecule is Cc1c(OCC(F)(F)F)ccnc1CS(=O)c1nc2ccccc2n1N. The summed E-state index contributed by atoms with van der Waals surface area (Å²) in [6.45, 7) is 0.162. The third-order valence-electron chi connectivity index (χ3n) is 3.68. The third kappa shape index (κ3) is 3.79. The van der Waals surface area contributed by atoms with Crippen molar-refractivity contribution in [2.45, 2.75) is 24.0 Å². The average molecular weight is 384 g/mol.